The minimum absolute atomic E-state index is 0.00382. The van der Waals surface area contributed by atoms with Gasteiger partial charge in [0, 0.05) is 28.5 Å². The van der Waals surface area contributed by atoms with Crippen LogP contribution in [-0.4, -0.2) is 48.2 Å². The number of unbranched alkanes of at least 4 members (excludes halogenated alkanes) is 2. The number of hydrogen-bond donors (Lipinski definition) is 2. The number of esters is 1. The maximum atomic E-state index is 15.5. The Bertz CT molecular complexity index is 1090. The summed E-state index contributed by atoms with van der Waals surface area (Å²) in [5, 5.41) is 19.1. The Labute approximate surface area is 266 Å². The third kappa shape index (κ3) is 9.88. The molecule has 2 N–H and O–H groups in total. The van der Waals surface area contributed by atoms with Crippen LogP contribution in [0.1, 0.15) is 108 Å². The molecule has 3 rings (SSSR count). The summed E-state index contributed by atoms with van der Waals surface area (Å²) in [4.78, 5) is 11.9. The summed E-state index contributed by atoms with van der Waals surface area (Å²) in [7, 11) is 0. The van der Waals surface area contributed by atoms with E-state index >= 15 is 17.6 Å². The quantitative estimate of drug-likeness (QED) is 0.0445. The van der Waals surface area contributed by atoms with Crippen LogP contribution >= 0.6 is 0 Å². The van der Waals surface area contributed by atoms with Gasteiger partial charge in [-0.05, 0) is 68.8 Å². The Hall–Kier alpha value is -2.23. The van der Waals surface area contributed by atoms with Crippen LogP contribution in [0.4, 0.5) is 17.6 Å². The van der Waals surface area contributed by atoms with E-state index in [2.05, 4.69) is 20.1 Å². The summed E-state index contributed by atoms with van der Waals surface area (Å²) < 4.78 is 72.5. The average molecular weight is 641 g/mol. The summed E-state index contributed by atoms with van der Waals surface area (Å²) in [6.07, 6.45) is 9.49. The first-order chi connectivity index (χ1) is 21.3. The van der Waals surface area contributed by atoms with Crippen LogP contribution in [0.3, 0.4) is 0 Å². The number of aliphatic hydroxyl groups is 2. The van der Waals surface area contributed by atoms with Gasteiger partial charge in [-0.3, -0.25) is 0 Å². The fraction of sp³-hybridized carbons (Fsp3) is 0.694. The average Bonchev–Trinajstić information content (AvgIpc) is 3.04. The van der Waals surface area contributed by atoms with Gasteiger partial charge in [-0.15, -0.1) is 0 Å². The Morgan fingerprint density at radius 1 is 0.933 bits per heavy atom. The molecular weight excluding hydrogens is 588 g/mol. The van der Waals surface area contributed by atoms with Crippen LogP contribution in [0.2, 0.25) is 0 Å². The molecule has 0 aromatic heterocycles. The number of hydrogen-bond acceptors (Lipinski definition) is 5. The standard InChI is InChI=1S/C36H52F4O5/c1-5-6-7-8-26-9-11-27(12-10-26)28-13-17-31(18-14-28)35(37,38)36(39,40)32-19-15-29(16-20-32)30(22-44-33(42)24(2)3)23-45-34(43)25(4)21-41/h15-16,19-20,26-28,30-31,34,41,43H,2,4-14,17-18,21-23H2,1,3H3. The minimum atomic E-state index is -4.37. The van der Waals surface area contributed by atoms with E-state index in [1.807, 2.05) is 0 Å². The smallest absolute Gasteiger partial charge is 0.335 e. The lowest BCUT2D eigenvalue weighted by atomic mass is 9.67. The molecule has 0 radical (unpaired) electrons. The molecule has 0 bridgehead atoms. The summed E-state index contributed by atoms with van der Waals surface area (Å²) in [5.41, 5.74) is -0.245. The van der Waals surface area contributed by atoms with E-state index in [1.54, 1.807) is 0 Å². The van der Waals surface area contributed by atoms with Crippen molar-refractivity contribution in [3.05, 3.63) is 59.7 Å². The Kier molecular flexibility index (Phi) is 14.1. The predicted octanol–water partition coefficient (Wildman–Crippen LogP) is 8.69. The summed E-state index contributed by atoms with van der Waals surface area (Å²) in [5.74, 6) is -9.73. The highest BCUT2D eigenvalue weighted by Gasteiger charge is 2.61. The number of rotatable bonds is 17. The molecule has 254 valence electrons. The maximum Gasteiger partial charge on any atom is 0.335 e. The fourth-order valence-corrected chi connectivity index (χ4v) is 6.94. The van der Waals surface area contributed by atoms with Crippen molar-refractivity contribution in [1.82, 2.24) is 0 Å². The highest BCUT2D eigenvalue weighted by atomic mass is 19.3. The molecule has 5 nitrogen and oxygen atoms in total. The zero-order valence-corrected chi connectivity index (χ0v) is 26.9. The van der Waals surface area contributed by atoms with Crippen molar-refractivity contribution in [2.75, 3.05) is 19.8 Å². The third-order valence-electron chi connectivity index (χ3n) is 9.99. The van der Waals surface area contributed by atoms with Crippen molar-refractivity contribution in [2.45, 2.75) is 115 Å². The molecule has 2 unspecified atom stereocenters. The number of halogens is 4. The summed E-state index contributed by atoms with van der Waals surface area (Å²) >= 11 is 0. The predicted molar refractivity (Wildman–Crippen MR) is 167 cm³/mol. The van der Waals surface area contributed by atoms with Crippen LogP contribution in [0.5, 0.6) is 0 Å². The van der Waals surface area contributed by atoms with E-state index in [4.69, 9.17) is 14.6 Å². The maximum absolute atomic E-state index is 15.5. The monoisotopic (exact) mass is 640 g/mol. The highest BCUT2D eigenvalue weighted by molar-refractivity contribution is 5.86. The molecule has 2 saturated carbocycles. The van der Waals surface area contributed by atoms with Gasteiger partial charge in [0.05, 0.1) is 13.2 Å². The largest absolute Gasteiger partial charge is 0.462 e. The van der Waals surface area contributed by atoms with Crippen molar-refractivity contribution in [1.29, 1.82) is 0 Å². The van der Waals surface area contributed by atoms with Crippen LogP contribution in [0.25, 0.3) is 0 Å². The number of alkyl halides is 4. The van der Waals surface area contributed by atoms with E-state index in [9.17, 15) is 9.90 Å². The second-order valence-corrected chi connectivity index (χ2v) is 13.3. The lowest BCUT2D eigenvalue weighted by Gasteiger charge is -2.41. The van der Waals surface area contributed by atoms with Crippen LogP contribution < -0.4 is 0 Å². The molecule has 0 amide bonds. The van der Waals surface area contributed by atoms with Gasteiger partial charge in [0.2, 0.25) is 0 Å². The molecule has 2 aliphatic carbocycles. The van der Waals surface area contributed by atoms with E-state index in [-0.39, 0.29) is 37.2 Å². The Balaban J connectivity index is 1.62. The van der Waals surface area contributed by atoms with Crippen molar-refractivity contribution >= 4 is 5.97 Å². The van der Waals surface area contributed by atoms with Gasteiger partial charge in [0.1, 0.15) is 6.61 Å². The molecule has 45 heavy (non-hydrogen) atoms. The summed E-state index contributed by atoms with van der Waals surface area (Å²) in [6.45, 7) is 9.70. The Morgan fingerprint density at radius 2 is 1.51 bits per heavy atom. The van der Waals surface area contributed by atoms with Crippen molar-refractivity contribution in [3.8, 4) is 0 Å². The molecule has 9 heteroatoms. The van der Waals surface area contributed by atoms with E-state index < -0.39 is 48.1 Å². The first kappa shape index (κ1) is 37.2. The van der Waals surface area contributed by atoms with Crippen LogP contribution in [0, 0.1) is 23.7 Å². The molecule has 2 aliphatic rings. The molecule has 1 aromatic carbocycles. The third-order valence-corrected chi connectivity index (χ3v) is 9.99. The second-order valence-electron chi connectivity index (χ2n) is 13.3. The molecule has 0 aliphatic heterocycles. The molecule has 2 atom stereocenters. The molecule has 2 fully saturated rings. The van der Waals surface area contributed by atoms with E-state index in [0.29, 0.717) is 30.2 Å². The number of carbonyl (C=O) groups excluding carboxylic acids is 1. The van der Waals surface area contributed by atoms with Gasteiger partial charge in [0.25, 0.3) is 0 Å². The number of benzene rings is 1. The second kappa shape index (κ2) is 17.1. The first-order valence-electron chi connectivity index (χ1n) is 16.6. The normalized spacial score (nSPS) is 24.1. The summed E-state index contributed by atoms with van der Waals surface area (Å²) in [6, 6.07) is 4.52. The zero-order valence-electron chi connectivity index (χ0n) is 26.9. The van der Waals surface area contributed by atoms with Crippen molar-refractivity contribution in [3.63, 3.8) is 0 Å². The van der Waals surface area contributed by atoms with Gasteiger partial charge >= 0.3 is 17.8 Å². The molecular formula is C36H52F4O5. The fourth-order valence-electron chi connectivity index (χ4n) is 6.94. The lowest BCUT2D eigenvalue weighted by Crippen LogP contribution is -2.46. The van der Waals surface area contributed by atoms with Gasteiger partial charge in [-0.2, -0.15) is 17.6 Å². The Morgan fingerprint density at radius 3 is 2.04 bits per heavy atom. The lowest BCUT2D eigenvalue weighted by molar-refractivity contribution is -0.249. The molecule has 0 heterocycles. The van der Waals surface area contributed by atoms with Gasteiger partial charge < -0.3 is 19.7 Å². The van der Waals surface area contributed by atoms with Crippen LogP contribution in [-0.2, 0) is 20.2 Å². The molecule has 1 aromatic rings. The zero-order chi connectivity index (χ0) is 33.2. The van der Waals surface area contributed by atoms with Crippen molar-refractivity contribution in [2.24, 2.45) is 23.7 Å². The first-order valence-corrected chi connectivity index (χ1v) is 16.6. The SMILES string of the molecule is C=C(C)C(=O)OCC(COC(O)C(=C)CO)c1ccc(C(F)(F)C(F)(F)C2CCC(C3CCC(CCCCC)CC3)CC2)cc1. The number of carbonyl (C=O) groups is 1. The van der Waals surface area contributed by atoms with Crippen LogP contribution in [0.15, 0.2) is 48.6 Å². The number of aliphatic hydroxyl groups excluding tert-OH is 2. The van der Waals surface area contributed by atoms with Crippen molar-refractivity contribution < 1.29 is 42.0 Å². The molecule has 0 spiro atoms. The van der Waals surface area contributed by atoms with E-state index in [0.717, 1.165) is 30.9 Å². The minimum Gasteiger partial charge on any atom is -0.462 e. The number of ether oxygens (including phenoxy) is 2. The highest BCUT2D eigenvalue weighted by Crippen LogP contribution is 2.53. The van der Waals surface area contributed by atoms with E-state index in [1.165, 1.54) is 57.6 Å². The van der Waals surface area contributed by atoms with Gasteiger partial charge in [0.15, 0.2) is 6.29 Å². The van der Waals surface area contributed by atoms with Gasteiger partial charge in [-0.1, -0.05) is 82.9 Å². The van der Waals surface area contributed by atoms with Gasteiger partial charge in [-0.25, -0.2) is 4.79 Å². The topological polar surface area (TPSA) is 76.0 Å². The molecule has 0 saturated heterocycles.